The lowest BCUT2D eigenvalue weighted by atomic mass is 10.0. The van der Waals surface area contributed by atoms with Crippen molar-refractivity contribution in [3.05, 3.63) is 16.9 Å². The van der Waals surface area contributed by atoms with Crippen LogP contribution in [0, 0.1) is 12.8 Å². The number of hydrogen-bond donors (Lipinski definition) is 1. The van der Waals surface area contributed by atoms with Crippen molar-refractivity contribution in [3.8, 4) is 0 Å². The fraction of sp³-hybridized carbons (Fsp3) is 0.636. The topological polar surface area (TPSA) is 72.0 Å². The first-order valence-corrected chi connectivity index (χ1v) is 7.95. The zero-order chi connectivity index (χ0) is 13.2. The SMILES string of the molecule is Cc1cc(Cl)nc(S(=O)(=O)C[C@@H]2CCCNC2)n1. The van der Waals surface area contributed by atoms with Crippen LogP contribution in [-0.4, -0.2) is 37.2 Å². The van der Waals surface area contributed by atoms with E-state index in [2.05, 4.69) is 15.3 Å². The van der Waals surface area contributed by atoms with E-state index in [0.717, 1.165) is 25.9 Å². The largest absolute Gasteiger partial charge is 0.316 e. The highest BCUT2D eigenvalue weighted by Gasteiger charge is 2.25. The quantitative estimate of drug-likeness (QED) is 0.669. The Morgan fingerprint density at radius 2 is 2.28 bits per heavy atom. The molecule has 2 heterocycles. The Hall–Kier alpha value is -0.720. The fourth-order valence-electron chi connectivity index (χ4n) is 2.09. The maximum atomic E-state index is 12.2. The standard InChI is InChI=1S/C11H16ClN3O2S/c1-8-5-10(12)15-11(14-8)18(16,17)7-9-3-2-4-13-6-9/h5,9,13H,2-4,6-7H2,1H3/t9-/m1/s1. The molecular formula is C11H16ClN3O2S. The van der Waals surface area contributed by atoms with Crippen LogP contribution in [0.3, 0.4) is 0 Å². The Morgan fingerprint density at radius 3 is 2.89 bits per heavy atom. The van der Waals surface area contributed by atoms with E-state index < -0.39 is 9.84 Å². The molecule has 0 aliphatic carbocycles. The van der Waals surface area contributed by atoms with E-state index in [1.165, 1.54) is 0 Å². The molecule has 1 aliphatic heterocycles. The minimum absolute atomic E-state index is 0.0831. The monoisotopic (exact) mass is 289 g/mol. The molecule has 1 saturated heterocycles. The molecule has 2 rings (SSSR count). The van der Waals surface area contributed by atoms with Crippen molar-refractivity contribution in [2.45, 2.75) is 24.9 Å². The van der Waals surface area contributed by atoms with Crippen molar-refractivity contribution in [1.29, 1.82) is 0 Å². The molecule has 0 radical (unpaired) electrons. The molecule has 1 aliphatic rings. The van der Waals surface area contributed by atoms with Crippen molar-refractivity contribution in [2.75, 3.05) is 18.8 Å². The van der Waals surface area contributed by atoms with Gasteiger partial charge >= 0.3 is 0 Å². The summed E-state index contributed by atoms with van der Waals surface area (Å²) in [6.45, 7) is 3.40. The molecule has 100 valence electrons. The van der Waals surface area contributed by atoms with Gasteiger partial charge in [0.25, 0.3) is 0 Å². The predicted molar refractivity (Wildman–Crippen MR) is 69.4 cm³/mol. The molecule has 1 N–H and O–H groups in total. The number of sulfone groups is 1. The van der Waals surface area contributed by atoms with Gasteiger partial charge in [-0.3, -0.25) is 0 Å². The Bertz CT molecular complexity index is 507. The Morgan fingerprint density at radius 1 is 1.50 bits per heavy atom. The molecular weight excluding hydrogens is 274 g/mol. The third-order valence-electron chi connectivity index (χ3n) is 2.93. The van der Waals surface area contributed by atoms with Crippen molar-refractivity contribution in [2.24, 2.45) is 5.92 Å². The first kappa shape index (κ1) is 13.7. The lowest BCUT2D eigenvalue weighted by Gasteiger charge is -2.22. The number of halogens is 1. The molecule has 0 bridgehead atoms. The van der Waals surface area contributed by atoms with Gasteiger partial charge in [-0.15, -0.1) is 0 Å². The van der Waals surface area contributed by atoms with Crippen LogP contribution in [-0.2, 0) is 9.84 Å². The van der Waals surface area contributed by atoms with Crippen LogP contribution in [0.2, 0.25) is 5.15 Å². The Kier molecular flexibility index (Phi) is 4.19. The molecule has 1 atom stereocenters. The van der Waals surface area contributed by atoms with Crippen molar-refractivity contribution < 1.29 is 8.42 Å². The van der Waals surface area contributed by atoms with Gasteiger partial charge in [0, 0.05) is 5.69 Å². The minimum Gasteiger partial charge on any atom is -0.316 e. The van der Waals surface area contributed by atoms with Gasteiger partial charge in [0.1, 0.15) is 5.15 Å². The minimum atomic E-state index is -3.45. The zero-order valence-corrected chi connectivity index (χ0v) is 11.8. The van der Waals surface area contributed by atoms with E-state index in [0.29, 0.717) is 5.69 Å². The third-order valence-corrected chi connectivity index (χ3v) is 4.78. The highest BCUT2D eigenvalue weighted by molar-refractivity contribution is 7.91. The highest BCUT2D eigenvalue weighted by Crippen LogP contribution is 2.18. The molecule has 18 heavy (non-hydrogen) atoms. The average Bonchev–Trinajstić information content (AvgIpc) is 2.28. The summed E-state index contributed by atoms with van der Waals surface area (Å²) in [7, 11) is -3.45. The van der Waals surface area contributed by atoms with Crippen LogP contribution in [0.25, 0.3) is 0 Å². The van der Waals surface area contributed by atoms with Crippen LogP contribution in [0.1, 0.15) is 18.5 Å². The molecule has 1 fully saturated rings. The summed E-state index contributed by atoms with van der Waals surface area (Å²) in [4.78, 5) is 7.78. The van der Waals surface area contributed by atoms with E-state index in [-0.39, 0.29) is 22.0 Å². The van der Waals surface area contributed by atoms with E-state index in [9.17, 15) is 8.42 Å². The summed E-state index contributed by atoms with van der Waals surface area (Å²) >= 11 is 5.77. The molecule has 5 nitrogen and oxygen atoms in total. The van der Waals surface area contributed by atoms with Crippen molar-refractivity contribution in [1.82, 2.24) is 15.3 Å². The van der Waals surface area contributed by atoms with Crippen LogP contribution >= 0.6 is 11.6 Å². The summed E-state index contributed by atoms with van der Waals surface area (Å²) < 4.78 is 24.4. The summed E-state index contributed by atoms with van der Waals surface area (Å²) in [6, 6.07) is 1.54. The lowest BCUT2D eigenvalue weighted by molar-refractivity contribution is 0.403. The van der Waals surface area contributed by atoms with Gasteiger partial charge in [-0.25, -0.2) is 18.4 Å². The first-order chi connectivity index (χ1) is 8.47. The number of piperidine rings is 1. The molecule has 0 saturated carbocycles. The molecule has 0 aromatic carbocycles. The van der Waals surface area contributed by atoms with E-state index in [1.807, 2.05) is 0 Å². The van der Waals surface area contributed by atoms with Gasteiger partial charge in [-0.1, -0.05) is 11.6 Å². The molecule has 0 spiro atoms. The highest BCUT2D eigenvalue weighted by atomic mass is 35.5. The normalized spacial score (nSPS) is 20.9. The van der Waals surface area contributed by atoms with Crippen LogP contribution < -0.4 is 5.32 Å². The van der Waals surface area contributed by atoms with Gasteiger partial charge < -0.3 is 5.32 Å². The molecule has 0 amide bonds. The van der Waals surface area contributed by atoms with Gasteiger partial charge in [0.05, 0.1) is 5.75 Å². The van der Waals surface area contributed by atoms with Gasteiger partial charge in [0.2, 0.25) is 15.0 Å². The number of rotatable bonds is 3. The molecule has 7 heteroatoms. The predicted octanol–water partition coefficient (Wildman–Crippen LogP) is 1.21. The fourth-order valence-corrected chi connectivity index (χ4v) is 3.96. The Balaban J connectivity index is 2.19. The van der Waals surface area contributed by atoms with Crippen LogP contribution in [0.5, 0.6) is 0 Å². The summed E-state index contributed by atoms with van der Waals surface area (Å²) in [5, 5.41) is 3.22. The smallest absolute Gasteiger partial charge is 0.248 e. The number of aromatic nitrogens is 2. The lowest BCUT2D eigenvalue weighted by Crippen LogP contribution is -2.34. The first-order valence-electron chi connectivity index (χ1n) is 5.92. The molecule has 1 aromatic rings. The van der Waals surface area contributed by atoms with Gasteiger partial charge in [0.15, 0.2) is 0 Å². The summed E-state index contributed by atoms with van der Waals surface area (Å²) in [6.07, 6.45) is 1.93. The number of nitrogens with zero attached hydrogens (tertiary/aromatic N) is 2. The van der Waals surface area contributed by atoms with Gasteiger partial charge in [-0.2, -0.15) is 0 Å². The third kappa shape index (κ3) is 3.40. The number of nitrogens with one attached hydrogen (secondary N) is 1. The van der Waals surface area contributed by atoms with Crippen LogP contribution in [0.4, 0.5) is 0 Å². The molecule has 1 aromatic heterocycles. The number of aryl methyl sites for hydroxylation is 1. The van der Waals surface area contributed by atoms with E-state index in [1.54, 1.807) is 13.0 Å². The van der Waals surface area contributed by atoms with E-state index in [4.69, 9.17) is 11.6 Å². The summed E-state index contributed by atoms with van der Waals surface area (Å²) in [5.74, 6) is 0.214. The van der Waals surface area contributed by atoms with Gasteiger partial charge in [-0.05, 0) is 44.8 Å². The maximum Gasteiger partial charge on any atom is 0.248 e. The second kappa shape index (κ2) is 5.50. The second-order valence-corrected chi connectivity index (χ2v) is 6.92. The molecule has 0 unspecified atom stereocenters. The number of hydrogen-bond acceptors (Lipinski definition) is 5. The van der Waals surface area contributed by atoms with E-state index >= 15 is 0 Å². The van der Waals surface area contributed by atoms with Crippen LogP contribution in [0.15, 0.2) is 11.2 Å². The average molecular weight is 290 g/mol. The zero-order valence-electron chi connectivity index (χ0n) is 10.2. The van der Waals surface area contributed by atoms with Crippen molar-refractivity contribution in [3.63, 3.8) is 0 Å². The second-order valence-electron chi connectivity index (χ2n) is 4.61. The maximum absolute atomic E-state index is 12.2. The Labute approximate surface area is 112 Å². The summed E-state index contributed by atoms with van der Waals surface area (Å²) in [5.41, 5.74) is 0.565. The van der Waals surface area contributed by atoms with Crippen molar-refractivity contribution >= 4 is 21.4 Å².